The summed E-state index contributed by atoms with van der Waals surface area (Å²) in [5.74, 6) is 1.86. The third-order valence-corrected chi connectivity index (χ3v) is 3.17. The zero-order chi connectivity index (χ0) is 11.8. The molecule has 1 atom stereocenters. The summed E-state index contributed by atoms with van der Waals surface area (Å²) in [6.07, 6.45) is 2.63. The number of aromatic nitrogens is 2. The number of nitrogens with zero attached hydrogens (tertiary/aromatic N) is 2. The molecule has 0 radical (unpaired) electrons. The molecular weight excluding hydrogens is 214 g/mol. The molecule has 1 fully saturated rings. The van der Waals surface area contributed by atoms with Gasteiger partial charge in [-0.05, 0) is 29.9 Å². The van der Waals surface area contributed by atoms with Gasteiger partial charge >= 0.3 is 0 Å². The zero-order valence-electron chi connectivity index (χ0n) is 9.76. The van der Waals surface area contributed by atoms with Crippen LogP contribution in [0.2, 0.25) is 0 Å². The molecule has 1 unspecified atom stereocenters. The van der Waals surface area contributed by atoms with E-state index in [4.69, 9.17) is 10.3 Å². The number of nitrogens with two attached hydrogens (primary N) is 1. The number of rotatable bonds is 3. The van der Waals surface area contributed by atoms with E-state index in [1.165, 1.54) is 18.4 Å². The van der Waals surface area contributed by atoms with Crippen molar-refractivity contribution >= 4 is 0 Å². The molecule has 4 nitrogen and oxygen atoms in total. The largest absolute Gasteiger partial charge is 0.340 e. The number of hydrogen-bond acceptors (Lipinski definition) is 4. The SMILES string of the molecule is Cc1nc(C(N)c2ccc(C3CC3)cc2)no1. The molecule has 0 amide bonds. The molecule has 4 heteroatoms. The third kappa shape index (κ3) is 2.08. The Morgan fingerprint density at radius 2 is 2.00 bits per heavy atom. The van der Waals surface area contributed by atoms with E-state index < -0.39 is 0 Å². The normalized spacial score (nSPS) is 17.1. The van der Waals surface area contributed by atoms with Crippen molar-refractivity contribution in [2.45, 2.75) is 31.7 Å². The molecule has 2 aromatic rings. The van der Waals surface area contributed by atoms with E-state index in [1.807, 2.05) is 0 Å². The van der Waals surface area contributed by atoms with Crippen molar-refractivity contribution in [2.24, 2.45) is 5.73 Å². The van der Waals surface area contributed by atoms with Crippen molar-refractivity contribution in [2.75, 3.05) is 0 Å². The Hall–Kier alpha value is -1.68. The van der Waals surface area contributed by atoms with Crippen molar-refractivity contribution in [3.63, 3.8) is 0 Å². The van der Waals surface area contributed by atoms with Gasteiger partial charge in [-0.25, -0.2) is 0 Å². The van der Waals surface area contributed by atoms with Crippen LogP contribution in [0.25, 0.3) is 0 Å². The Morgan fingerprint density at radius 1 is 1.29 bits per heavy atom. The minimum Gasteiger partial charge on any atom is -0.340 e. The van der Waals surface area contributed by atoms with Crippen LogP contribution in [0, 0.1) is 6.92 Å². The maximum absolute atomic E-state index is 6.09. The van der Waals surface area contributed by atoms with Crippen molar-refractivity contribution in [3.8, 4) is 0 Å². The van der Waals surface area contributed by atoms with E-state index >= 15 is 0 Å². The predicted octanol–water partition coefficient (Wildman–Crippen LogP) is 2.30. The molecule has 0 bridgehead atoms. The molecule has 0 aliphatic heterocycles. The second-order valence-corrected chi connectivity index (χ2v) is 4.59. The van der Waals surface area contributed by atoms with E-state index in [0.29, 0.717) is 11.7 Å². The van der Waals surface area contributed by atoms with Gasteiger partial charge < -0.3 is 10.3 Å². The van der Waals surface area contributed by atoms with Gasteiger partial charge in [0.25, 0.3) is 0 Å². The fourth-order valence-electron chi connectivity index (χ4n) is 1.98. The standard InChI is InChI=1S/C13H15N3O/c1-8-15-13(16-17-8)12(14)11-6-4-10(5-7-11)9-2-3-9/h4-7,9,12H,2-3,14H2,1H3. The first-order valence-corrected chi connectivity index (χ1v) is 5.89. The molecule has 88 valence electrons. The zero-order valence-corrected chi connectivity index (χ0v) is 9.76. The quantitative estimate of drug-likeness (QED) is 0.877. The highest BCUT2D eigenvalue weighted by Crippen LogP contribution is 2.40. The fraction of sp³-hybridized carbons (Fsp3) is 0.385. The van der Waals surface area contributed by atoms with Crippen molar-refractivity contribution < 1.29 is 4.52 Å². The molecule has 1 aliphatic rings. The minimum atomic E-state index is -0.305. The molecule has 3 rings (SSSR count). The van der Waals surface area contributed by atoms with Gasteiger partial charge in [0.05, 0.1) is 6.04 Å². The van der Waals surface area contributed by atoms with Gasteiger partial charge in [-0.3, -0.25) is 0 Å². The lowest BCUT2D eigenvalue weighted by molar-refractivity contribution is 0.385. The highest BCUT2D eigenvalue weighted by Gasteiger charge is 2.23. The lowest BCUT2D eigenvalue weighted by Crippen LogP contribution is -2.13. The van der Waals surface area contributed by atoms with Gasteiger partial charge in [-0.1, -0.05) is 29.4 Å². The Kier molecular flexibility index (Phi) is 2.44. The van der Waals surface area contributed by atoms with Crippen LogP contribution in [0.3, 0.4) is 0 Å². The van der Waals surface area contributed by atoms with Gasteiger partial charge in [0.1, 0.15) is 0 Å². The van der Waals surface area contributed by atoms with Crippen LogP contribution in [-0.4, -0.2) is 10.1 Å². The minimum absolute atomic E-state index is 0.305. The molecule has 1 aromatic carbocycles. The summed E-state index contributed by atoms with van der Waals surface area (Å²) in [4.78, 5) is 4.15. The maximum atomic E-state index is 6.09. The lowest BCUT2D eigenvalue weighted by atomic mass is 10.0. The monoisotopic (exact) mass is 229 g/mol. The topological polar surface area (TPSA) is 64.9 Å². The van der Waals surface area contributed by atoms with Crippen molar-refractivity contribution in [3.05, 3.63) is 47.1 Å². The molecule has 1 aromatic heterocycles. The fourth-order valence-corrected chi connectivity index (χ4v) is 1.98. The van der Waals surface area contributed by atoms with Crippen LogP contribution in [0.15, 0.2) is 28.8 Å². The Labute approximate surface area is 99.8 Å². The first kappa shape index (κ1) is 10.5. The Morgan fingerprint density at radius 3 is 2.53 bits per heavy atom. The third-order valence-electron chi connectivity index (χ3n) is 3.17. The van der Waals surface area contributed by atoms with E-state index in [9.17, 15) is 0 Å². The second kappa shape index (κ2) is 3.96. The summed E-state index contributed by atoms with van der Waals surface area (Å²) in [5, 5.41) is 3.85. The summed E-state index contributed by atoms with van der Waals surface area (Å²) in [5.41, 5.74) is 8.52. The van der Waals surface area contributed by atoms with Crippen molar-refractivity contribution in [1.82, 2.24) is 10.1 Å². The highest BCUT2D eigenvalue weighted by atomic mass is 16.5. The second-order valence-electron chi connectivity index (χ2n) is 4.59. The van der Waals surface area contributed by atoms with E-state index in [0.717, 1.165) is 11.5 Å². The molecule has 1 aliphatic carbocycles. The smallest absolute Gasteiger partial charge is 0.223 e. The van der Waals surface area contributed by atoms with E-state index in [-0.39, 0.29) is 6.04 Å². The van der Waals surface area contributed by atoms with Gasteiger partial charge in [-0.2, -0.15) is 4.98 Å². The van der Waals surface area contributed by atoms with Crippen LogP contribution in [0.1, 0.15) is 47.6 Å². The Bertz CT molecular complexity index is 514. The molecule has 1 heterocycles. The highest BCUT2D eigenvalue weighted by molar-refractivity contribution is 5.31. The van der Waals surface area contributed by atoms with Crippen LogP contribution >= 0.6 is 0 Å². The van der Waals surface area contributed by atoms with E-state index in [1.54, 1.807) is 6.92 Å². The first-order valence-electron chi connectivity index (χ1n) is 5.89. The molecule has 1 saturated carbocycles. The van der Waals surface area contributed by atoms with Gasteiger partial charge in [0.2, 0.25) is 5.89 Å². The van der Waals surface area contributed by atoms with Gasteiger partial charge in [0.15, 0.2) is 5.82 Å². The molecule has 0 saturated heterocycles. The molecular formula is C13H15N3O. The van der Waals surface area contributed by atoms with Gasteiger partial charge in [-0.15, -0.1) is 0 Å². The van der Waals surface area contributed by atoms with Crippen LogP contribution < -0.4 is 5.73 Å². The number of aryl methyl sites for hydroxylation is 1. The first-order chi connectivity index (χ1) is 8.24. The van der Waals surface area contributed by atoms with E-state index in [2.05, 4.69) is 34.4 Å². The average molecular weight is 229 g/mol. The van der Waals surface area contributed by atoms with Crippen LogP contribution in [0.4, 0.5) is 0 Å². The summed E-state index contributed by atoms with van der Waals surface area (Å²) in [7, 11) is 0. The molecule has 2 N–H and O–H groups in total. The van der Waals surface area contributed by atoms with Crippen molar-refractivity contribution in [1.29, 1.82) is 0 Å². The average Bonchev–Trinajstić information content (AvgIpc) is 3.11. The molecule has 17 heavy (non-hydrogen) atoms. The number of benzene rings is 1. The maximum Gasteiger partial charge on any atom is 0.223 e. The summed E-state index contributed by atoms with van der Waals surface area (Å²) >= 11 is 0. The lowest BCUT2D eigenvalue weighted by Gasteiger charge is -2.08. The van der Waals surface area contributed by atoms with Crippen LogP contribution in [0.5, 0.6) is 0 Å². The summed E-state index contributed by atoms with van der Waals surface area (Å²) in [6.45, 7) is 1.76. The van der Waals surface area contributed by atoms with Crippen LogP contribution in [-0.2, 0) is 0 Å². The van der Waals surface area contributed by atoms with Gasteiger partial charge in [0, 0.05) is 6.92 Å². The Balaban J connectivity index is 1.83. The molecule has 0 spiro atoms. The summed E-state index contributed by atoms with van der Waals surface area (Å²) < 4.78 is 4.94. The number of hydrogen-bond donors (Lipinski definition) is 1. The predicted molar refractivity (Wildman–Crippen MR) is 63.5 cm³/mol. The summed E-state index contributed by atoms with van der Waals surface area (Å²) in [6, 6.07) is 8.12.